The first-order chi connectivity index (χ1) is 14.3. The number of ether oxygens (including phenoxy) is 1. The topological polar surface area (TPSA) is 72.0 Å². The van der Waals surface area contributed by atoms with Crippen LogP contribution in [0.5, 0.6) is 11.5 Å². The van der Waals surface area contributed by atoms with Gasteiger partial charge in [0.1, 0.15) is 11.6 Å². The van der Waals surface area contributed by atoms with E-state index in [9.17, 15) is 4.39 Å². The highest BCUT2D eigenvalue weighted by Gasteiger charge is 2.08. The van der Waals surface area contributed by atoms with E-state index >= 15 is 0 Å². The van der Waals surface area contributed by atoms with Crippen LogP contribution in [0.3, 0.4) is 0 Å². The second-order valence-corrected chi connectivity index (χ2v) is 6.15. The summed E-state index contributed by atoms with van der Waals surface area (Å²) in [5.74, 6) is 1.86. The maximum absolute atomic E-state index is 13.8. The van der Waals surface area contributed by atoms with Gasteiger partial charge in [0.2, 0.25) is 5.95 Å². The lowest BCUT2D eigenvalue weighted by Crippen LogP contribution is -2.07. The van der Waals surface area contributed by atoms with Gasteiger partial charge in [-0.3, -0.25) is 0 Å². The Kier molecular flexibility index (Phi) is 5.57. The zero-order chi connectivity index (χ0) is 19.9. The summed E-state index contributed by atoms with van der Waals surface area (Å²) in [6, 6.07) is 23.6. The van der Waals surface area contributed by atoms with Crippen LogP contribution in [0.15, 0.2) is 85.1 Å². The fourth-order valence-electron chi connectivity index (χ4n) is 2.66. The molecule has 0 radical (unpaired) electrons. The van der Waals surface area contributed by atoms with E-state index in [1.165, 1.54) is 12.3 Å². The molecule has 0 spiro atoms. The summed E-state index contributed by atoms with van der Waals surface area (Å²) in [6.45, 7) is 0.290. The Bertz CT molecular complexity index is 1090. The van der Waals surface area contributed by atoms with E-state index < -0.39 is 0 Å². The van der Waals surface area contributed by atoms with Crippen LogP contribution in [0.25, 0.3) is 0 Å². The second kappa shape index (κ2) is 8.79. The number of nitrogens with zero attached hydrogens (tertiary/aromatic N) is 3. The number of anilines is 3. The summed E-state index contributed by atoms with van der Waals surface area (Å²) < 4.78 is 19.7. The number of hydrogen-bond acceptors (Lipinski definition) is 6. The summed E-state index contributed by atoms with van der Waals surface area (Å²) in [5.41, 5.74) is 1.24. The van der Waals surface area contributed by atoms with Crippen LogP contribution in [0, 0.1) is 5.82 Å². The Balaban J connectivity index is 1.48. The normalized spacial score (nSPS) is 10.4. The molecule has 0 aliphatic rings. The van der Waals surface area contributed by atoms with Gasteiger partial charge in [0.15, 0.2) is 11.6 Å². The van der Waals surface area contributed by atoms with Crippen LogP contribution in [0.2, 0.25) is 0 Å². The Morgan fingerprint density at radius 2 is 1.62 bits per heavy atom. The minimum absolute atomic E-state index is 0.271. The van der Waals surface area contributed by atoms with Gasteiger partial charge >= 0.3 is 0 Å². The van der Waals surface area contributed by atoms with Gasteiger partial charge in [-0.05, 0) is 30.3 Å². The van der Waals surface area contributed by atoms with E-state index in [-0.39, 0.29) is 5.82 Å². The van der Waals surface area contributed by atoms with Gasteiger partial charge in [-0.2, -0.15) is 10.1 Å². The summed E-state index contributed by atoms with van der Waals surface area (Å²) in [5, 5.41) is 14.1. The molecule has 7 heteroatoms. The molecule has 29 heavy (non-hydrogen) atoms. The second-order valence-electron chi connectivity index (χ2n) is 6.15. The van der Waals surface area contributed by atoms with E-state index in [1.54, 1.807) is 18.2 Å². The molecule has 6 nitrogen and oxygen atoms in total. The molecule has 0 bridgehead atoms. The zero-order valence-corrected chi connectivity index (χ0v) is 15.4. The maximum Gasteiger partial charge on any atom is 0.249 e. The Morgan fingerprint density at radius 1 is 0.862 bits per heavy atom. The summed E-state index contributed by atoms with van der Waals surface area (Å²) >= 11 is 0. The number of aromatic nitrogens is 3. The van der Waals surface area contributed by atoms with Gasteiger partial charge in [-0.15, -0.1) is 5.10 Å². The van der Waals surface area contributed by atoms with Crippen LogP contribution in [0.4, 0.5) is 21.8 Å². The van der Waals surface area contributed by atoms with Crippen LogP contribution in [0.1, 0.15) is 5.56 Å². The van der Waals surface area contributed by atoms with Gasteiger partial charge in [-0.25, -0.2) is 4.39 Å². The summed E-state index contributed by atoms with van der Waals surface area (Å²) in [7, 11) is 0. The van der Waals surface area contributed by atoms with Crippen molar-refractivity contribution in [1.82, 2.24) is 15.2 Å². The number of nitrogens with one attached hydrogen (secondary N) is 2. The molecule has 0 saturated heterocycles. The third-order valence-electron chi connectivity index (χ3n) is 4.08. The highest BCUT2D eigenvalue weighted by molar-refractivity contribution is 5.63. The van der Waals surface area contributed by atoms with E-state index in [1.807, 2.05) is 54.6 Å². The van der Waals surface area contributed by atoms with Crippen molar-refractivity contribution in [2.75, 3.05) is 10.6 Å². The lowest BCUT2D eigenvalue weighted by Gasteiger charge is -2.12. The van der Waals surface area contributed by atoms with Crippen LogP contribution >= 0.6 is 0 Å². The van der Waals surface area contributed by atoms with E-state index in [0.717, 1.165) is 5.75 Å². The average Bonchev–Trinajstić information content (AvgIpc) is 2.76. The number of rotatable bonds is 7. The van der Waals surface area contributed by atoms with E-state index in [4.69, 9.17) is 4.74 Å². The third-order valence-corrected chi connectivity index (χ3v) is 4.08. The molecule has 144 valence electrons. The fraction of sp³-hybridized carbons (Fsp3) is 0.0455. The van der Waals surface area contributed by atoms with E-state index in [2.05, 4.69) is 25.8 Å². The van der Waals surface area contributed by atoms with Crippen LogP contribution in [-0.4, -0.2) is 15.2 Å². The smallest absolute Gasteiger partial charge is 0.249 e. The van der Waals surface area contributed by atoms with Crippen molar-refractivity contribution >= 4 is 17.5 Å². The molecule has 0 aliphatic carbocycles. The van der Waals surface area contributed by atoms with E-state index in [0.29, 0.717) is 35.3 Å². The molecule has 0 fully saturated rings. The van der Waals surface area contributed by atoms with Gasteiger partial charge in [-0.1, -0.05) is 48.5 Å². The maximum atomic E-state index is 13.8. The third kappa shape index (κ3) is 4.84. The SMILES string of the molecule is Fc1ccccc1CNc1cnnc(Nc2ccccc2Oc2ccccc2)n1. The zero-order valence-electron chi connectivity index (χ0n) is 15.4. The van der Waals surface area contributed by atoms with Gasteiger partial charge in [0.25, 0.3) is 0 Å². The molecule has 0 amide bonds. The molecule has 0 atom stereocenters. The lowest BCUT2D eigenvalue weighted by molar-refractivity contribution is 0.485. The Morgan fingerprint density at radius 3 is 2.48 bits per heavy atom. The first kappa shape index (κ1) is 18.4. The van der Waals surface area contributed by atoms with Crippen LogP contribution < -0.4 is 15.4 Å². The molecular formula is C22H18FN5O. The predicted octanol–water partition coefficient (Wildman–Crippen LogP) is 5.16. The van der Waals surface area contributed by atoms with Gasteiger partial charge in [0, 0.05) is 12.1 Å². The van der Waals surface area contributed by atoms with Crippen LogP contribution in [-0.2, 0) is 6.54 Å². The molecule has 4 aromatic rings. The van der Waals surface area contributed by atoms with Crippen molar-refractivity contribution in [3.8, 4) is 11.5 Å². The first-order valence-electron chi connectivity index (χ1n) is 9.04. The molecule has 0 aliphatic heterocycles. The molecule has 3 aromatic carbocycles. The quantitative estimate of drug-likeness (QED) is 0.456. The molecule has 1 aromatic heterocycles. The highest BCUT2D eigenvalue weighted by atomic mass is 19.1. The van der Waals surface area contributed by atoms with Crippen molar-refractivity contribution in [1.29, 1.82) is 0 Å². The molecule has 4 rings (SSSR count). The van der Waals surface area contributed by atoms with Crippen molar-refractivity contribution in [3.05, 3.63) is 96.4 Å². The van der Waals surface area contributed by atoms with Crippen molar-refractivity contribution in [3.63, 3.8) is 0 Å². The van der Waals surface area contributed by atoms with Crippen molar-refractivity contribution in [2.45, 2.75) is 6.54 Å². The Labute approximate surface area is 167 Å². The first-order valence-corrected chi connectivity index (χ1v) is 9.04. The molecule has 0 saturated carbocycles. The molecule has 2 N–H and O–H groups in total. The highest BCUT2D eigenvalue weighted by Crippen LogP contribution is 2.30. The van der Waals surface area contributed by atoms with Crippen molar-refractivity contribution < 1.29 is 9.13 Å². The summed E-state index contributed by atoms with van der Waals surface area (Å²) in [6.07, 6.45) is 1.48. The van der Waals surface area contributed by atoms with Crippen molar-refractivity contribution in [2.24, 2.45) is 0 Å². The monoisotopic (exact) mass is 387 g/mol. The largest absolute Gasteiger partial charge is 0.455 e. The van der Waals surface area contributed by atoms with Gasteiger partial charge < -0.3 is 15.4 Å². The number of hydrogen-bond donors (Lipinski definition) is 2. The number of halogens is 1. The fourth-order valence-corrected chi connectivity index (χ4v) is 2.66. The Hall–Kier alpha value is -4.00. The lowest BCUT2D eigenvalue weighted by atomic mass is 10.2. The minimum Gasteiger partial charge on any atom is -0.455 e. The standard InChI is InChI=1S/C22H18FN5O/c23-18-11-5-4-8-16(18)14-24-21-15-25-28-22(27-21)26-19-12-6-7-13-20(19)29-17-9-2-1-3-10-17/h1-13,15H,14H2,(H2,24,26,27,28). The minimum atomic E-state index is -0.271. The predicted molar refractivity (Wildman–Crippen MR) is 110 cm³/mol. The number of para-hydroxylation sites is 3. The number of benzene rings is 3. The molecular weight excluding hydrogens is 369 g/mol. The average molecular weight is 387 g/mol. The molecule has 0 unspecified atom stereocenters. The van der Waals surface area contributed by atoms with Gasteiger partial charge in [0.05, 0.1) is 11.9 Å². The summed E-state index contributed by atoms with van der Waals surface area (Å²) in [4.78, 5) is 4.39. The molecule has 1 heterocycles.